The molecule has 3 heteroatoms. The Bertz CT molecular complexity index is 166. The van der Waals surface area contributed by atoms with Crippen molar-refractivity contribution in [1.82, 2.24) is 5.32 Å². The zero-order valence-corrected chi connectivity index (χ0v) is 8.38. The SMILES string of the molecule is CCCCNC(=O)CC(N)C1CC1. The number of nitrogens with two attached hydrogens (primary N) is 1. The molecule has 0 aromatic heterocycles. The van der Waals surface area contributed by atoms with Gasteiger partial charge in [0, 0.05) is 19.0 Å². The number of hydrogen-bond acceptors (Lipinski definition) is 2. The Labute approximate surface area is 80.1 Å². The van der Waals surface area contributed by atoms with E-state index in [0.29, 0.717) is 12.3 Å². The van der Waals surface area contributed by atoms with Gasteiger partial charge in [-0.05, 0) is 25.2 Å². The third kappa shape index (κ3) is 4.27. The van der Waals surface area contributed by atoms with Crippen LogP contribution in [0.4, 0.5) is 0 Å². The first-order valence-corrected chi connectivity index (χ1v) is 5.26. The second-order valence-corrected chi connectivity index (χ2v) is 3.91. The first-order chi connectivity index (χ1) is 6.24. The monoisotopic (exact) mass is 184 g/mol. The number of nitrogens with one attached hydrogen (secondary N) is 1. The minimum absolute atomic E-state index is 0.0987. The summed E-state index contributed by atoms with van der Waals surface area (Å²) in [5, 5.41) is 2.88. The van der Waals surface area contributed by atoms with Crippen LogP contribution in [0.25, 0.3) is 0 Å². The molecule has 0 bridgehead atoms. The molecule has 1 aliphatic carbocycles. The van der Waals surface area contributed by atoms with E-state index in [-0.39, 0.29) is 11.9 Å². The highest BCUT2D eigenvalue weighted by atomic mass is 16.1. The molecule has 1 unspecified atom stereocenters. The van der Waals surface area contributed by atoms with Crippen molar-refractivity contribution in [2.45, 2.75) is 45.1 Å². The first kappa shape index (κ1) is 10.5. The third-order valence-electron chi connectivity index (χ3n) is 2.50. The quantitative estimate of drug-likeness (QED) is 0.606. The fourth-order valence-corrected chi connectivity index (χ4v) is 1.38. The average molecular weight is 184 g/mol. The van der Waals surface area contributed by atoms with E-state index in [4.69, 9.17) is 5.73 Å². The van der Waals surface area contributed by atoms with Crippen LogP contribution >= 0.6 is 0 Å². The van der Waals surface area contributed by atoms with E-state index in [1.54, 1.807) is 0 Å². The van der Waals surface area contributed by atoms with Crippen molar-refractivity contribution in [3.8, 4) is 0 Å². The summed E-state index contributed by atoms with van der Waals surface area (Å²) in [6, 6.07) is 0.0987. The molecule has 1 atom stereocenters. The Morgan fingerprint density at radius 3 is 2.85 bits per heavy atom. The van der Waals surface area contributed by atoms with Gasteiger partial charge < -0.3 is 11.1 Å². The van der Waals surface area contributed by atoms with Crippen LogP contribution < -0.4 is 11.1 Å². The van der Waals surface area contributed by atoms with Gasteiger partial charge in [-0.25, -0.2) is 0 Å². The van der Waals surface area contributed by atoms with E-state index >= 15 is 0 Å². The van der Waals surface area contributed by atoms with Crippen LogP contribution in [0, 0.1) is 5.92 Å². The molecular formula is C10H20N2O. The van der Waals surface area contributed by atoms with Gasteiger partial charge in [-0.3, -0.25) is 4.79 Å². The molecule has 1 amide bonds. The fraction of sp³-hybridized carbons (Fsp3) is 0.900. The first-order valence-electron chi connectivity index (χ1n) is 5.26. The van der Waals surface area contributed by atoms with Gasteiger partial charge in [0.2, 0.25) is 5.91 Å². The molecule has 0 radical (unpaired) electrons. The second-order valence-electron chi connectivity index (χ2n) is 3.91. The predicted octanol–water partition coefficient (Wildman–Crippen LogP) is 1.03. The normalized spacial score (nSPS) is 18.3. The maximum absolute atomic E-state index is 11.3. The van der Waals surface area contributed by atoms with Crippen molar-refractivity contribution in [1.29, 1.82) is 0 Å². The van der Waals surface area contributed by atoms with Crippen LogP contribution in [0.15, 0.2) is 0 Å². The highest BCUT2D eigenvalue weighted by Crippen LogP contribution is 2.32. The maximum Gasteiger partial charge on any atom is 0.221 e. The fourth-order valence-electron chi connectivity index (χ4n) is 1.38. The molecular weight excluding hydrogens is 164 g/mol. The van der Waals surface area contributed by atoms with Crippen molar-refractivity contribution in [3.63, 3.8) is 0 Å². The molecule has 0 aromatic carbocycles. The lowest BCUT2D eigenvalue weighted by atomic mass is 10.1. The molecule has 3 nitrogen and oxygen atoms in total. The van der Waals surface area contributed by atoms with Crippen LogP contribution in [0.2, 0.25) is 0 Å². The second kappa shape index (κ2) is 5.22. The Morgan fingerprint density at radius 1 is 1.62 bits per heavy atom. The number of unbranched alkanes of at least 4 members (excludes halogenated alkanes) is 1. The van der Waals surface area contributed by atoms with Crippen LogP contribution in [-0.2, 0) is 4.79 Å². The van der Waals surface area contributed by atoms with Crippen LogP contribution in [-0.4, -0.2) is 18.5 Å². The number of hydrogen-bond donors (Lipinski definition) is 2. The molecule has 0 saturated heterocycles. The summed E-state index contributed by atoms with van der Waals surface area (Å²) in [7, 11) is 0. The van der Waals surface area contributed by atoms with E-state index in [1.807, 2.05) is 0 Å². The number of rotatable bonds is 6. The zero-order valence-electron chi connectivity index (χ0n) is 8.38. The molecule has 0 heterocycles. The predicted molar refractivity (Wildman–Crippen MR) is 53.2 cm³/mol. The van der Waals surface area contributed by atoms with Crippen molar-refractivity contribution in [2.24, 2.45) is 11.7 Å². The van der Waals surface area contributed by atoms with Gasteiger partial charge in [0.05, 0.1) is 0 Å². The lowest BCUT2D eigenvalue weighted by molar-refractivity contribution is -0.121. The smallest absolute Gasteiger partial charge is 0.221 e. The van der Waals surface area contributed by atoms with Gasteiger partial charge in [0.1, 0.15) is 0 Å². The van der Waals surface area contributed by atoms with E-state index in [2.05, 4.69) is 12.2 Å². The van der Waals surface area contributed by atoms with Gasteiger partial charge in [-0.1, -0.05) is 13.3 Å². The number of amides is 1. The summed E-state index contributed by atoms with van der Waals surface area (Å²) >= 11 is 0. The van der Waals surface area contributed by atoms with Gasteiger partial charge in [0.15, 0.2) is 0 Å². The standard InChI is InChI=1S/C10H20N2O/c1-2-3-6-12-10(13)7-9(11)8-4-5-8/h8-9H,2-7,11H2,1H3,(H,12,13). The molecule has 76 valence electrons. The van der Waals surface area contributed by atoms with Crippen molar-refractivity contribution < 1.29 is 4.79 Å². The van der Waals surface area contributed by atoms with Crippen LogP contribution in [0.3, 0.4) is 0 Å². The topological polar surface area (TPSA) is 55.1 Å². The summed E-state index contributed by atoms with van der Waals surface area (Å²) in [6.07, 6.45) is 5.11. The summed E-state index contributed by atoms with van der Waals surface area (Å²) in [5.74, 6) is 0.741. The Morgan fingerprint density at radius 2 is 2.31 bits per heavy atom. The van der Waals surface area contributed by atoms with Crippen LogP contribution in [0.5, 0.6) is 0 Å². The summed E-state index contributed by atoms with van der Waals surface area (Å²) in [4.78, 5) is 11.3. The maximum atomic E-state index is 11.3. The van der Waals surface area contributed by atoms with Crippen LogP contribution in [0.1, 0.15) is 39.0 Å². The highest BCUT2D eigenvalue weighted by molar-refractivity contribution is 5.76. The Kier molecular flexibility index (Phi) is 4.22. The van der Waals surface area contributed by atoms with E-state index < -0.39 is 0 Å². The molecule has 1 aliphatic rings. The van der Waals surface area contributed by atoms with Gasteiger partial charge in [-0.2, -0.15) is 0 Å². The molecule has 1 saturated carbocycles. The van der Waals surface area contributed by atoms with Crippen molar-refractivity contribution in [3.05, 3.63) is 0 Å². The van der Waals surface area contributed by atoms with E-state index in [9.17, 15) is 4.79 Å². The van der Waals surface area contributed by atoms with Gasteiger partial charge in [0.25, 0.3) is 0 Å². The average Bonchev–Trinajstić information content (AvgIpc) is 2.86. The molecule has 13 heavy (non-hydrogen) atoms. The summed E-state index contributed by atoms with van der Waals surface area (Å²) in [6.45, 7) is 2.91. The third-order valence-corrected chi connectivity index (χ3v) is 2.50. The lowest BCUT2D eigenvalue weighted by Crippen LogP contribution is -2.33. The molecule has 0 aromatic rings. The summed E-state index contributed by atoms with van der Waals surface area (Å²) < 4.78 is 0. The van der Waals surface area contributed by atoms with E-state index in [1.165, 1.54) is 12.8 Å². The van der Waals surface area contributed by atoms with Crippen molar-refractivity contribution >= 4 is 5.91 Å². The number of carbonyl (C=O) groups excluding carboxylic acids is 1. The molecule has 3 N–H and O–H groups in total. The minimum Gasteiger partial charge on any atom is -0.356 e. The summed E-state index contributed by atoms with van der Waals surface area (Å²) in [5.41, 5.74) is 5.82. The zero-order chi connectivity index (χ0) is 9.68. The minimum atomic E-state index is 0.0987. The highest BCUT2D eigenvalue weighted by Gasteiger charge is 2.29. The van der Waals surface area contributed by atoms with Gasteiger partial charge in [-0.15, -0.1) is 0 Å². The van der Waals surface area contributed by atoms with E-state index in [0.717, 1.165) is 19.4 Å². The Hall–Kier alpha value is -0.570. The number of carbonyl (C=O) groups is 1. The molecule has 1 fully saturated rings. The molecule has 0 spiro atoms. The van der Waals surface area contributed by atoms with Crippen molar-refractivity contribution in [2.75, 3.05) is 6.54 Å². The van der Waals surface area contributed by atoms with Gasteiger partial charge >= 0.3 is 0 Å². The Balaban J connectivity index is 2.02. The molecule has 0 aliphatic heterocycles. The lowest BCUT2D eigenvalue weighted by Gasteiger charge is -2.09. The largest absolute Gasteiger partial charge is 0.356 e. The molecule has 1 rings (SSSR count).